The van der Waals surface area contributed by atoms with Gasteiger partial charge in [0.15, 0.2) is 0 Å². The van der Waals surface area contributed by atoms with Gasteiger partial charge in [-0.1, -0.05) is 12.2 Å². The topological polar surface area (TPSA) is 71.9 Å². The minimum absolute atomic E-state index is 0.198. The Balaban J connectivity index is 1.57. The van der Waals surface area contributed by atoms with Gasteiger partial charge in [-0.25, -0.2) is 4.79 Å². The Kier molecular flexibility index (Phi) is 5.12. The molecular formula is C17H22N2O4. The molecule has 124 valence electrons. The Morgan fingerprint density at radius 3 is 2.91 bits per heavy atom. The molecule has 23 heavy (non-hydrogen) atoms. The van der Waals surface area contributed by atoms with Gasteiger partial charge in [0.2, 0.25) is 0 Å². The van der Waals surface area contributed by atoms with Crippen molar-refractivity contribution in [3.05, 3.63) is 30.1 Å². The molecule has 2 saturated heterocycles. The molecular weight excluding hydrogens is 296 g/mol. The van der Waals surface area contributed by atoms with Crippen molar-refractivity contribution in [2.75, 3.05) is 26.3 Å². The fourth-order valence-electron chi connectivity index (χ4n) is 2.94. The summed E-state index contributed by atoms with van der Waals surface area (Å²) < 4.78 is 11.3. The summed E-state index contributed by atoms with van der Waals surface area (Å²) in [7, 11) is 0. The molecule has 1 aromatic heterocycles. The van der Waals surface area contributed by atoms with E-state index in [0.717, 1.165) is 43.8 Å². The normalized spacial score (nSPS) is 22.6. The number of carbonyl (C=O) groups is 1. The van der Waals surface area contributed by atoms with E-state index in [9.17, 15) is 4.79 Å². The van der Waals surface area contributed by atoms with E-state index in [1.165, 1.54) is 4.90 Å². The molecule has 1 atom stereocenters. The van der Waals surface area contributed by atoms with Crippen molar-refractivity contribution in [1.29, 1.82) is 0 Å². The highest BCUT2D eigenvalue weighted by Crippen LogP contribution is 2.21. The molecule has 0 saturated carbocycles. The van der Waals surface area contributed by atoms with Gasteiger partial charge in [-0.2, -0.15) is 0 Å². The summed E-state index contributed by atoms with van der Waals surface area (Å²) in [6, 6.07) is 1.98. The van der Waals surface area contributed by atoms with Crippen molar-refractivity contribution >= 4 is 12.2 Å². The minimum atomic E-state index is -0.838. The first kappa shape index (κ1) is 15.8. The standard InChI is InChI=1S/C17H22N2O4/c20-17(21)19-6-3-13(12-19)1-2-14-9-16(11-18-10-14)23-15-4-7-22-8-5-15/h1-2,9-11,13,15H,3-8,12H2,(H,20,21). The third-order valence-corrected chi connectivity index (χ3v) is 4.26. The van der Waals surface area contributed by atoms with Crippen LogP contribution in [-0.2, 0) is 4.74 Å². The first-order valence-electron chi connectivity index (χ1n) is 8.06. The van der Waals surface area contributed by atoms with E-state index in [1.54, 1.807) is 12.4 Å². The lowest BCUT2D eigenvalue weighted by Gasteiger charge is -2.23. The Bertz CT molecular complexity index is 569. The van der Waals surface area contributed by atoms with Crippen LogP contribution in [0.3, 0.4) is 0 Å². The van der Waals surface area contributed by atoms with E-state index < -0.39 is 6.09 Å². The highest BCUT2D eigenvalue weighted by Gasteiger charge is 2.23. The summed E-state index contributed by atoms with van der Waals surface area (Å²) in [6.07, 6.45) is 9.64. The predicted molar refractivity (Wildman–Crippen MR) is 85.4 cm³/mol. The van der Waals surface area contributed by atoms with Crippen LogP contribution < -0.4 is 4.74 Å². The Hall–Kier alpha value is -2.08. The van der Waals surface area contributed by atoms with Crippen LogP contribution in [0.15, 0.2) is 24.5 Å². The lowest BCUT2D eigenvalue weighted by atomic mass is 10.1. The van der Waals surface area contributed by atoms with Gasteiger partial charge >= 0.3 is 6.09 Å². The number of hydrogen-bond acceptors (Lipinski definition) is 4. The van der Waals surface area contributed by atoms with Crippen LogP contribution in [0.5, 0.6) is 5.75 Å². The van der Waals surface area contributed by atoms with Crippen molar-refractivity contribution < 1.29 is 19.4 Å². The largest absolute Gasteiger partial charge is 0.489 e. The van der Waals surface area contributed by atoms with Crippen molar-refractivity contribution in [1.82, 2.24) is 9.88 Å². The van der Waals surface area contributed by atoms with Gasteiger partial charge in [-0.05, 0) is 24.0 Å². The lowest BCUT2D eigenvalue weighted by Crippen LogP contribution is -2.26. The van der Waals surface area contributed by atoms with Gasteiger partial charge in [-0.15, -0.1) is 0 Å². The van der Waals surface area contributed by atoms with Crippen LogP contribution >= 0.6 is 0 Å². The molecule has 2 fully saturated rings. The number of pyridine rings is 1. The zero-order chi connectivity index (χ0) is 16.1. The fourth-order valence-corrected chi connectivity index (χ4v) is 2.94. The van der Waals surface area contributed by atoms with E-state index >= 15 is 0 Å². The number of likely N-dealkylation sites (tertiary alicyclic amines) is 1. The van der Waals surface area contributed by atoms with Gasteiger partial charge in [0.1, 0.15) is 11.9 Å². The molecule has 0 radical (unpaired) electrons. The summed E-state index contributed by atoms with van der Waals surface area (Å²) in [6.45, 7) is 2.67. The molecule has 2 aliphatic heterocycles. The summed E-state index contributed by atoms with van der Waals surface area (Å²) in [4.78, 5) is 16.6. The molecule has 6 nitrogen and oxygen atoms in total. The maximum Gasteiger partial charge on any atom is 0.407 e. The van der Waals surface area contributed by atoms with Crippen LogP contribution in [0.2, 0.25) is 0 Å². The quantitative estimate of drug-likeness (QED) is 0.924. The van der Waals surface area contributed by atoms with Gasteiger partial charge in [0, 0.05) is 32.1 Å². The van der Waals surface area contributed by atoms with Crippen LogP contribution in [0.25, 0.3) is 6.08 Å². The summed E-state index contributed by atoms with van der Waals surface area (Å²) in [5.74, 6) is 1.05. The average molecular weight is 318 g/mol. The van der Waals surface area contributed by atoms with E-state index in [4.69, 9.17) is 14.6 Å². The number of rotatable bonds is 4. The number of carboxylic acid groups (broad SMARTS) is 1. The molecule has 0 aliphatic carbocycles. The van der Waals surface area contributed by atoms with Crippen LogP contribution in [0.1, 0.15) is 24.8 Å². The lowest BCUT2D eigenvalue weighted by molar-refractivity contribution is 0.0254. The third-order valence-electron chi connectivity index (χ3n) is 4.26. The van der Waals surface area contributed by atoms with E-state index in [2.05, 4.69) is 11.1 Å². The highest BCUT2D eigenvalue weighted by atomic mass is 16.5. The summed E-state index contributed by atoms with van der Waals surface area (Å²) in [5.41, 5.74) is 0.975. The fraction of sp³-hybridized carbons (Fsp3) is 0.529. The zero-order valence-electron chi connectivity index (χ0n) is 13.1. The first-order chi connectivity index (χ1) is 11.2. The smallest absolute Gasteiger partial charge is 0.407 e. The minimum Gasteiger partial charge on any atom is -0.489 e. The molecule has 3 rings (SSSR count). The molecule has 1 amide bonds. The molecule has 1 N–H and O–H groups in total. The van der Waals surface area contributed by atoms with Gasteiger partial charge in [0.25, 0.3) is 0 Å². The van der Waals surface area contributed by atoms with Crippen LogP contribution in [-0.4, -0.2) is 53.5 Å². The Labute approximate surface area is 135 Å². The second kappa shape index (κ2) is 7.46. The van der Waals surface area contributed by atoms with Crippen molar-refractivity contribution in [3.8, 4) is 5.75 Å². The molecule has 0 spiro atoms. The van der Waals surface area contributed by atoms with Crippen molar-refractivity contribution in [2.24, 2.45) is 5.92 Å². The molecule has 2 aliphatic rings. The maximum atomic E-state index is 10.9. The van der Waals surface area contributed by atoms with Crippen LogP contribution in [0.4, 0.5) is 4.79 Å². The average Bonchev–Trinajstić information content (AvgIpc) is 3.04. The molecule has 1 aromatic rings. The molecule has 1 unspecified atom stereocenters. The van der Waals surface area contributed by atoms with E-state index in [1.807, 2.05) is 12.1 Å². The zero-order valence-corrected chi connectivity index (χ0v) is 13.1. The number of aromatic nitrogens is 1. The summed E-state index contributed by atoms with van der Waals surface area (Å²) >= 11 is 0. The van der Waals surface area contributed by atoms with Crippen LogP contribution in [0, 0.1) is 5.92 Å². The first-order valence-corrected chi connectivity index (χ1v) is 8.06. The van der Waals surface area contributed by atoms with E-state index in [0.29, 0.717) is 13.1 Å². The number of hydrogen-bond donors (Lipinski definition) is 1. The molecule has 6 heteroatoms. The number of amides is 1. The molecule has 0 aromatic carbocycles. The van der Waals surface area contributed by atoms with Gasteiger partial charge in [0.05, 0.1) is 19.4 Å². The Morgan fingerprint density at radius 1 is 1.35 bits per heavy atom. The second-order valence-electron chi connectivity index (χ2n) is 6.02. The van der Waals surface area contributed by atoms with E-state index in [-0.39, 0.29) is 12.0 Å². The molecule has 0 bridgehead atoms. The predicted octanol–water partition coefficient (Wildman–Crippen LogP) is 2.65. The van der Waals surface area contributed by atoms with Gasteiger partial charge < -0.3 is 19.5 Å². The SMILES string of the molecule is O=C(O)N1CCC(C=Cc2cncc(OC3CCOCC3)c2)C1. The number of nitrogens with zero attached hydrogens (tertiary/aromatic N) is 2. The van der Waals surface area contributed by atoms with Crippen molar-refractivity contribution in [2.45, 2.75) is 25.4 Å². The van der Waals surface area contributed by atoms with Crippen molar-refractivity contribution in [3.63, 3.8) is 0 Å². The second-order valence-corrected chi connectivity index (χ2v) is 6.02. The maximum absolute atomic E-state index is 10.9. The monoisotopic (exact) mass is 318 g/mol. The van der Waals surface area contributed by atoms with Gasteiger partial charge in [-0.3, -0.25) is 4.98 Å². The summed E-state index contributed by atoms with van der Waals surface area (Å²) in [5, 5.41) is 8.97. The molecule has 3 heterocycles. The Morgan fingerprint density at radius 2 is 2.17 bits per heavy atom. The highest BCUT2D eigenvalue weighted by molar-refractivity contribution is 5.65. The third kappa shape index (κ3) is 4.45. The number of ether oxygens (including phenoxy) is 2.